The Hall–Kier alpha value is -1.86. The first-order valence-electron chi connectivity index (χ1n) is 7.06. The van der Waals surface area contributed by atoms with E-state index in [1.807, 2.05) is 0 Å². The molecule has 120 valence electrons. The van der Waals surface area contributed by atoms with E-state index in [1.54, 1.807) is 6.92 Å². The van der Waals surface area contributed by atoms with E-state index < -0.39 is 0 Å². The number of hydrogen-bond donors (Lipinski definition) is 3. The Labute approximate surface area is 133 Å². The van der Waals surface area contributed by atoms with E-state index in [0.29, 0.717) is 11.7 Å². The number of nitrogens with one attached hydrogen (secondary N) is 3. The fourth-order valence-corrected chi connectivity index (χ4v) is 2.75. The molecule has 1 aliphatic heterocycles. The largest absolute Gasteiger partial charge is 0.442 e. The molecule has 0 spiro atoms. The van der Waals surface area contributed by atoms with Crippen LogP contribution in [0.2, 0.25) is 0 Å². The lowest BCUT2D eigenvalue weighted by atomic mass is 9.94. The van der Waals surface area contributed by atoms with E-state index in [4.69, 9.17) is 4.42 Å². The van der Waals surface area contributed by atoms with Crippen molar-refractivity contribution in [2.45, 2.75) is 26.3 Å². The molecule has 0 aliphatic carbocycles. The first-order chi connectivity index (χ1) is 10.1. The number of carbonyl (C=O) groups is 1. The van der Waals surface area contributed by atoms with Gasteiger partial charge in [0.05, 0.1) is 11.9 Å². The molecule has 1 aliphatic rings. The van der Waals surface area contributed by atoms with E-state index in [-0.39, 0.29) is 46.6 Å². The van der Waals surface area contributed by atoms with E-state index in [0.717, 1.165) is 19.5 Å². The van der Waals surface area contributed by atoms with Gasteiger partial charge in [-0.1, -0.05) is 6.92 Å². The van der Waals surface area contributed by atoms with Crippen molar-refractivity contribution >= 4 is 29.4 Å². The molecule has 0 saturated carbocycles. The molecule has 1 saturated heterocycles. The molecule has 22 heavy (non-hydrogen) atoms. The van der Waals surface area contributed by atoms with Gasteiger partial charge in [0.25, 0.3) is 11.5 Å². The fourth-order valence-electron chi connectivity index (χ4n) is 2.75. The molecule has 3 heterocycles. The highest BCUT2D eigenvalue weighted by atomic mass is 35.5. The number of hydrogen-bond acceptors (Lipinski definition) is 5. The van der Waals surface area contributed by atoms with E-state index >= 15 is 0 Å². The molecule has 3 N–H and O–H groups in total. The van der Waals surface area contributed by atoms with Crippen molar-refractivity contribution in [1.82, 2.24) is 20.6 Å². The zero-order chi connectivity index (χ0) is 15.0. The molecular formula is C14H19ClN4O3. The number of rotatable bonds is 2. The number of piperidine rings is 1. The van der Waals surface area contributed by atoms with Crippen molar-refractivity contribution in [3.8, 4) is 0 Å². The zero-order valence-electron chi connectivity index (χ0n) is 12.4. The third kappa shape index (κ3) is 2.86. The molecule has 2 aromatic heterocycles. The van der Waals surface area contributed by atoms with Gasteiger partial charge in [0, 0.05) is 12.6 Å². The molecule has 7 nitrogen and oxygen atoms in total. The summed E-state index contributed by atoms with van der Waals surface area (Å²) in [5.74, 6) is 0.513. The average Bonchev–Trinajstić information content (AvgIpc) is 2.79. The number of aryl methyl sites for hydroxylation is 1. The van der Waals surface area contributed by atoms with Crippen LogP contribution in [0.4, 0.5) is 0 Å². The van der Waals surface area contributed by atoms with E-state index in [2.05, 4.69) is 27.5 Å². The van der Waals surface area contributed by atoms with Crippen molar-refractivity contribution in [2.75, 3.05) is 13.1 Å². The van der Waals surface area contributed by atoms with Crippen LogP contribution in [-0.4, -0.2) is 35.0 Å². The maximum Gasteiger partial charge on any atom is 0.262 e. The predicted molar refractivity (Wildman–Crippen MR) is 84.5 cm³/mol. The van der Waals surface area contributed by atoms with Crippen LogP contribution < -0.4 is 16.2 Å². The van der Waals surface area contributed by atoms with Crippen molar-refractivity contribution < 1.29 is 9.21 Å². The van der Waals surface area contributed by atoms with Gasteiger partial charge in [-0.15, -0.1) is 12.4 Å². The summed E-state index contributed by atoms with van der Waals surface area (Å²) in [6.07, 6.45) is 2.28. The number of H-pyrrole nitrogens is 1. The van der Waals surface area contributed by atoms with Crippen molar-refractivity contribution in [3.05, 3.63) is 28.0 Å². The highest BCUT2D eigenvalue weighted by molar-refractivity contribution is 6.06. The minimum absolute atomic E-state index is 0. The normalized spacial score (nSPS) is 21.4. The van der Waals surface area contributed by atoms with E-state index in [9.17, 15) is 9.59 Å². The molecule has 8 heteroatoms. The van der Waals surface area contributed by atoms with E-state index in [1.165, 1.54) is 6.33 Å². The van der Waals surface area contributed by atoms with Crippen LogP contribution in [0.3, 0.4) is 0 Å². The van der Waals surface area contributed by atoms with Crippen LogP contribution in [0.5, 0.6) is 0 Å². The van der Waals surface area contributed by atoms with Crippen LogP contribution in [0.1, 0.15) is 29.5 Å². The Balaban J connectivity index is 0.00000176. The summed E-state index contributed by atoms with van der Waals surface area (Å²) < 4.78 is 5.41. The van der Waals surface area contributed by atoms with Crippen LogP contribution in [-0.2, 0) is 0 Å². The second kappa shape index (κ2) is 6.50. The van der Waals surface area contributed by atoms with Gasteiger partial charge < -0.3 is 20.0 Å². The Morgan fingerprint density at radius 1 is 1.50 bits per heavy atom. The molecule has 0 aromatic carbocycles. The number of halogens is 1. The monoisotopic (exact) mass is 326 g/mol. The quantitative estimate of drug-likeness (QED) is 0.763. The third-order valence-corrected chi connectivity index (χ3v) is 4.04. The highest BCUT2D eigenvalue weighted by Gasteiger charge is 2.27. The van der Waals surface area contributed by atoms with Crippen LogP contribution in [0.15, 0.2) is 15.5 Å². The summed E-state index contributed by atoms with van der Waals surface area (Å²) in [7, 11) is 0. The Bertz CT molecular complexity index is 739. The third-order valence-electron chi connectivity index (χ3n) is 4.04. The maximum atomic E-state index is 12.5. The Kier molecular flexibility index (Phi) is 4.87. The van der Waals surface area contributed by atoms with Crippen molar-refractivity contribution in [2.24, 2.45) is 5.92 Å². The molecule has 2 unspecified atom stereocenters. The second-order valence-corrected chi connectivity index (χ2v) is 5.50. The summed E-state index contributed by atoms with van der Waals surface area (Å²) in [5.41, 5.74) is 0.102. The number of aromatic amines is 1. The fraction of sp³-hybridized carbons (Fsp3) is 0.500. The van der Waals surface area contributed by atoms with Gasteiger partial charge in [-0.25, -0.2) is 4.98 Å². The van der Waals surface area contributed by atoms with Crippen molar-refractivity contribution in [1.29, 1.82) is 0 Å². The van der Waals surface area contributed by atoms with Gasteiger partial charge in [-0.05, 0) is 25.8 Å². The average molecular weight is 327 g/mol. The standard InChI is InChI=1S/C14H18N4O3.ClH/c1-7-3-4-15-5-9(7)18-13(20)10-8(2)21-14-11(10)12(19)16-6-17-14;/h6-7,9,15H,3-5H2,1-2H3,(H,18,20)(H,16,17,19);1H. The van der Waals surface area contributed by atoms with Crippen molar-refractivity contribution in [3.63, 3.8) is 0 Å². The summed E-state index contributed by atoms with van der Waals surface area (Å²) >= 11 is 0. The van der Waals surface area contributed by atoms with Gasteiger partial charge in [0.1, 0.15) is 11.1 Å². The highest BCUT2D eigenvalue weighted by Crippen LogP contribution is 2.21. The minimum Gasteiger partial charge on any atom is -0.442 e. The molecule has 0 radical (unpaired) electrons. The number of nitrogens with zero attached hydrogens (tertiary/aromatic N) is 1. The smallest absolute Gasteiger partial charge is 0.262 e. The number of amides is 1. The number of aromatic nitrogens is 2. The molecule has 1 amide bonds. The Morgan fingerprint density at radius 3 is 3.00 bits per heavy atom. The first-order valence-corrected chi connectivity index (χ1v) is 7.06. The van der Waals surface area contributed by atoms with Gasteiger partial charge in [-0.3, -0.25) is 9.59 Å². The van der Waals surface area contributed by atoms with Gasteiger partial charge in [-0.2, -0.15) is 0 Å². The minimum atomic E-state index is -0.364. The number of fused-ring (bicyclic) bond motifs is 1. The molecule has 1 fully saturated rings. The molecule has 2 atom stereocenters. The summed E-state index contributed by atoms with van der Waals surface area (Å²) in [6, 6.07) is 0.0475. The maximum absolute atomic E-state index is 12.5. The number of carbonyl (C=O) groups excluding carboxylic acids is 1. The summed E-state index contributed by atoms with van der Waals surface area (Å²) in [4.78, 5) is 30.9. The summed E-state index contributed by atoms with van der Waals surface area (Å²) in [6.45, 7) is 5.47. The zero-order valence-corrected chi connectivity index (χ0v) is 13.3. The molecular weight excluding hydrogens is 308 g/mol. The topological polar surface area (TPSA) is 100 Å². The van der Waals surface area contributed by atoms with Crippen LogP contribution >= 0.6 is 12.4 Å². The second-order valence-electron chi connectivity index (χ2n) is 5.50. The van der Waals surface area contributed by atoms with Crippen LogP contribution in [0.25, 0.3) is 11.1 Å². The predicted octanol–water partition coefficient (Wildman–Crippen LogP) is 0.974. The number of furan rings is 1. The first kappa shape index (κ1) is 16.5. The lowest BCUT2D eigenvalue weighted by molar-refractivity contribution is 0.0915. The summed E-state index contributed by atoms with van der Waals surface area (Å²) in [5, 5.41) is 6.46. The van der Waals surface area contributed by atoms with Gasteiger partial charge in [0.2, 0.25) is 5.71 Å². The lowest BCUT2D eigenvalue weighted by Gasteiger charge is -2.30. The lowest BCUT2D eigenvalue weighted by Crippen LogP contribution is -2.50. The molecule has 2 aromatic rings. The molecule has 0 bridgehead atoms. The van der Waals surface area contributed by atoms with Gasteiger partial charge in [0.15, 0.2) is 0 Å². The van der Waals surface area contributed by atoms with Crippen LogP contribution in [0, 0.1) is 12.8 Å². The molecule has 3 rings (SSSR count). The Morgan fingerprint density at radius 2 is 2.27 bits per heavy atom. The van der Waals surface area contributed by atoms with Gasteiger partial charge >= 0.3 is 0 Å². The SMILES string of the molecule is Cc1oc2nc[nH]c(=O)c2c1C(=O)NC1CNCCC1C.Cl.